The second kappa shape index (κ2) is 10.6. The number of ether oxygens (including phenoxy) is 3. The number of aromatic nitrogens is 2. The summed E-state index contributed by atoms with van der Waals surface area (Å²) in [6, 6.07) is 6.13. The first kappa shape index (κ1) is 24.1. The van der Waals surface area contributed by atoms with Gasteiger partial charge in [0.15, 0.2) is 0 Å². The van der Waals surface area contributed by atoms with Crippen LogP contribution in [0.5, 0.6) is 5.88 Å². The summed E-state index contributed by atoms with van der Waals surface area (Å²) in [5.74, 6) is -0.545. The summed E-state index contributed by atoms with van der Waals surface area (Å²) < 4.78 is 16.7. The predicted octanol–water partition coefficient (Wildman–Crippen LogP) is 0.502. The van der Waals surface area contributed by atoms with Crippen LogP contribution < -0.4 is 15.0 Å². The van der Waals surface area contributed by atoms with Gasteiger partial charge in [0, 0.05) is 51.5 Å². The maximum atomic E-state index is 13.1. The van der Waals surface area contributed by atoms with Gasteiger partial charge in [0.2, 0.25) is 11.8 Å². The molecule has 0 radical (unpaired) electrons. The fourth-order valence-electron chi connectivity index (χ4n) is 4.25. The second-order valence-electron chi connectivity index (χ2n) is 8.68. The third kappa shape index (κ3) is 5.15. The summed E-state index contributed by atoms with van der Waals surface area (Å²) in [6.45, 7) is 6.55. The SMILES string of the molecule is CN1C(=O)c2ccc(NC(=O)c3cc(OCCN4CCOCC4)nc(N4CCOCC4)n3)cc2C1=O. The molecule has 36 heavy (non-hydrogen) atoms. The number of nitrogens with one attached hydrogen (secondary N) is 1. The molecule has 3 amide bonds. The fraction of sp³-hybridized carbons (Fsp3) is 0.458. The highest BCUT2D eigenvalue weighted by Gasteiger charge is 2.33. The van der Waals surface area contributed by atoms with Crippen molar-refractivity contribution in [2.45, 2.75) is 0 Å². The van der Waals surface area contributed by atoms with Crippen molar-refractivity contribution in [3.63, 3.8) is 0 Å². The van der Waals surface area contributed by atoms with Gasteiger partial charge >= 0.3 is 0 Å². The van der Waals surface area contributed by atoms with Crippen molar-refractivity contribution in [2.24, 2.45) is 0 Å². The molecule has 1 N–H and O–H groups in total. The van der Waals surface area contributed by atoms with Gasteiger partial charge in [-0.15, -0.1) is 0 Å². The molecule has 1 aromatic carbocycles. The van der Waals surface area contributed by atoms with Crippen LogP contribution in [0.4, 0.5) is 11.6 Å². The van der Waals surface area contributed by atoms with E-state index < -0.39 is 11.8 Å². The number of rotatable bonds is 7. The van der Waals surface area contributed by atoms with E-state index in [9.17, 15) is 14.4 Å². The minimum absolute atomic E-state index is 0.132. The van der Waals surface area contributed by atoms with Gasteiger partial charge in [-0.3, -0.25) is 24.2 Å². The number of hydrogen-bond acceptors (Lipinski definition) is 10. The molecule has 0 atom stereocenters. The zero-order valence-corrected chi connectivity index (χ0v) is 20.1. The second-order valence-corrected chi connectivity index (χ2v) is 8.68. The largest absolute Gasteiger partial charge is 0.476 e. The molecule has 3 aliphatic heterocycles. The number of morpholine rings is 2. The Bertz CT molecular complexity index is 1160. The van der Waals surface area contributed by atoms with Crippen molar-refractivity contribution in [1.29, 1.82) is 0 Å². The van der Waals surface area contributed by atoms with Crippen LogP contribution in [-0.2, 0) is 9.47 Å². The van der Waals surface area contributed by atoms with Crippen LogP contribution in [0.1, 0.15) is 31.2 Å². The van der Waals surface area contributed by atoms with Crippen LogP contribution in [0.2, 0.25) is 0 Å². The molecule has 12 nitrogen and oxygen atoms in total. The van der Waals surface area contributed by atoms with Crippen LogP contribution >= 0.6 is 0 Å². The average Bonchev–Trinajstić information content (AvgIpc) is 3.13. The fourth-order valence-corrected chi connectivity index (χ4v) is 4.25. The zero-order chi connectivity index (χ0) is 25.1. The standard InChI is InChI=1S/C24H28N6O6/c1-28-22(32)17-3-2-16(14-18(17)23(28)33)25-21(31)19-15-20(36-13-6-29-4-9-34-10-5-29)27-24(26-19)30-7-11-35-12-8-30/h2-3,14-15H,4-13H2,1H3,(H,25,31). The topological polar surface area (TPSA) is 126 Å². The molecule has 1 aromatic heterocycles. The Morgan fingerprint density at radius 1 is 0.972 bits per heavy atom. The Balaban J connectivity index is 1.33. The number of benzene rings is 1. The number of nitrogens with zero attached hydrogens (tertiary/aromatic N) is 5. The average molecular weight is 497 g/mol. The first-order valence-electron chi connectivity index (χ1n) is 11.9. The van der Waals surface area contributed by atoms with Gasteiger partial charge in [-0.05, 0) is 18.2 Å². The zero-order valence-electron chi connectivity index (χ0n) is 20.1. The predicted molar refractivity (Wildman–Crippen MR) is 129 cm³/mol. The molecule has 0 unspecified atom stereocenters. The van der Waals surface area contributed by atoms with Crippen LogP contribution in [0.15, 0.2) is 24.3 Å². The molecule has 3 aliphatic rings. The van der Waals surface area contributed by atoms with Gasteiger partial charge in [-0.2, -0.15) is 4.98 Å². The minimum atomic E-state index is -0.477. The number of imide groups is 1. The smallest absolute Gasteiger partial charge is 0.274 e. The number of carbonyl (C=O) groups is 3. The van der Waals surface area contributed by atoms with Crippen LogP contribution in [0.3, 0.4) is 0 Å². The quantitative estimate of drug-likeness (QED) is 0.542. The highest BCUT2D eigenvalue weighted by Crippen LogP contribution is 2.25. The number of hydrogen-bond donors (Lipinski definition) is 1. The summed E-state index contributed by atoms with van der Waals surface area (Å²) in [5.41, 5.74) is 1.08. The molecule has 0 bridgehead atoms. The molecular weight excluding hydrogens is 468 g/mol. The number of anilines is 2. The Labute approximate surface area is 208 Å². The third-order valence-corrected chi connectivity index (χ3v) is 6.33. The molecule has 0 spiro atoms. The van der Waals surface area contributed by atoms with E-state index in [1.165, 1.54) is 25.2 Å². The van der Waals surface area contributed by atoms with Gasteiger partial charge in [-0.25, -0.2) is 4.98 Å². The molecule has 5 rings (SSSR count). The molecule has 4 heterocycles. The highest BCUT2D eigenvalue weighted by molar-refractivity contribution is 6.21. The van der Waals surface area contributed by atoms with E-state index in [-0.39, 0.29) is 17.2 Å². The third-order valence-electron chi connectivity index (χ3n) is 6.33. The van der Waals surface area contributed by atoms with Crippen molar-refractivity contribution in [2.75, 3.05) is 83.0 Å². The van der Waals surface area contributed by atoms with Crippen molar-refractivity contribution in [3.8, 4) is 5.88 Å². The van der Waals surface area contributed by atoms with Crippen LogP contribution in [0, 0.1) is 0 Å². The summed E-state index contributed by atoms with van der Waals surface area (Å²) in [7, 11) is 1.43. The maximum absolute atomic E-state index is 13.1. The summed E-state index contributed by atoms with van der Waals surface area (Å²) in [5, 5.41) is 2.77. The number of fused-ring (bicyclic) bond motifs is 1. The summed E-state index contributed by atoms with van der Waals surface area (Å²) in [6.07, 6.45) is 0. The molecule has 2 aromatic rings. The first-order chi connectivity index (χ1) is 17.5. The number of carbonyl (C=O) groups excluding carboxylic acids is 3. The molecule has 0 saturated carbocycles. The molecule has 2 saturated heterocycles. The van der Waals surface area contributed by atoms with Crippen molar-refractivity contribution in [1.82, 2.24) is 19.8 Å². The number of amides is 3. The first-order valence-corrected chi connectivity index (χ1v) is 11.9. The maximum Gasteiger partial charge on any atom is 0.274 e. The van der Waals surface area contributed by atoms with E-state index in [1.807, 2.05) is 4.90 Å². The van der Waals surface area contributed by atoms with E-state index in [2.05, 4.69) is 20.2 Å². The van der Waals surface area contributed by atoms with Gasteiger partial charge in [0.1, 0.15) is 12.3 Å². The lowest BCUT2D eigenvalue weighted by Crippen LogP contribution is -2.39. The normalized spacial score (nSPS) is 18.4. The van der Waals surface area contributed by atoms with Crippen LogP contribution in [0.25, 0.3) is 0 Å². The minimum Gasteiger partial charge on any atom is -0.476 e. The highest BCUT2D eigenvalue weighted by atomic mass is 16.5. The van der Waals surface area contributed by atoms with Gasteiger partial charge in [0.25, 0.3) is 17.7 Å². The Morgan fingerprint density at radius 3 is 2.42 bits per heavy atom. The Kier molecular flexibility index (Phi) is 7.07. The molecule has 0 aliphatic carbocycles. The molecule has 190 valence electrons. The van der Waals surface area contributed by atoms with Gasteiger partial charge in [0.05, 0.1) is 37.6 Å². The summed E-state index contributed by atoms with van der Waals surface area (Å²) >= 11 is 0. The molecular formula is C24H28N6O6. The monoisotopic (exact) mass is 496 g/mol. The molecule has 2 fully saturated rings. The van der Waals surface area contributed by atoms with Gasteiger partial charge in [-0.1, -0.05) is 0 Å². The Morgan fingerprint density at radius 2 is 1.67 bits per heavy atom. The van der Waals surface area contributed by atoms with Crippen molar-refractivity contribution >= 4 is 29.4 Å². The van der Waals surface area contributed by atoms with E-state index >= 15 is 0 Å². The molecule has 12 heteroatoms. The van der Waals surface area contributed by atoms with E-state index in [4.69, 9.17) is 14.2 Å². The van der Waals surface area contributed by atoms with Crippen molar-refractivity contribution in [3.05, 3.63) is 41.1 Å². The lowest BCUT2D eigenvalue weighted by atomic mass is 10.1. The van der Waals surface area contributed by atoms with E-state index in [1.54, 1.807) is 6.07 Å². The lowest BCUT2D eigenvalue weighted by Gasteiger charge is -2.27. The van der Waals surface area contributed by atoms with Crippen molar-refractivity contribution < 1.29 is 28.6 Å². The van der Waals surface area contributed by atoms with Crippen LogP contribution in [-0.4, -0.2) is 110 Å². The van der Waals surface area contributed by atoms with Gasteiger partial charge < -0.3 is 24.4 Å². The van der Waals surface area contributed by atoms with E-state index in [0.717, 1.165) is 24.5 Å². The Hall–Kier alpha value is -3.61. The lowest BCUT2D eigenvalue weighted by molar-refractivity contribution is 0.0320. The van der Waals surface area contributed by atoms with E-state index in [0.29, 0.717) is 69.2 Å². The summed E-state index contributed by atoms with van der Waals surface area (Å²) in [4.78, 5) is 51.9.